The minimum atomic E-state index is -4.63. The van der Waals surface area contributed by atoms with Crippen molar-refractivity contribution in [1.29, 1.82) is 0 Å². The van der Waals surface area contributed by atoms with E-state index < -0.39 is 44.9 Å². The molecule has 3 aromatic rings. The number of urea groups is 1. The summed E-state index contributed by atoms with van der Waals surface area (Å²) in [6, 6.07) is 14.6. The van der Waals surface area contributed by atoms with Crippen molar-refractivity contribution >= 4 is 44.9 Å². The van der Waals surface area contributed by atoms with E-state index in [-0.39, 0.29) is 47.6 Å². The predicted molar refractivity (Wildman–Crippen MR) is 142 cm³/mol. The highest BCUT2D eigenvalue weighted by Gasteiger charge is 2.63. The van der Waals surface area contributed by atoms with Crippen molar-refractivity contribution in [2.75, 3.05) is 42.5 Å². The van der Waals surface area contributed by atoms with Gasteiger partial charge in [-0.1, -0.05) is 41.9 Å². The van der Waals surface area contributed by atoms with E-state index in [1.165, 1.54) is 58.5 Å². The molecule has 9 nitrogen and oxygen atoms in total. The van der Waals surface area contributed by atoms with Crippen LogP contribution in [-0.2, 0) is 20.8 Å². The third kappa shape index (κ3) is 4.52. The third-order valence-corrected chi connectivity index (χ3v) is 9.53. The Bertz CT molecular complexity index is 1550. The predicted octanol–water partition coefficient (Wildman–Crippen LogP) is 3.80. The molecule has 0 aliphatic carbocycles. The second-order valence-corrected chi connectivity index (χ2v) is 11.8. The van der Waals surface area contributed by atoms with Crippen molar-refractivity contribution in [3.8, 4) is 0 Å². The van der Waals surface area contributed by atoms with Gasteiger partial charge in [-0.25, -0.2) is 18.2 Å². The van der Waals surface area contributed by atoms with Crippen molar-refractivity contribution in [2.45, 2.75) is 15.9 Å². The molecule has 2 aromatic carbocycles. The van der Waals surface area contributed by atoms with Crippen LogP contribution < -0.4 is 15.1 Å². The lowest BCUT2D eigenvalue weighted by Crippen LogP contribution is -2.66. The first kappa shape index (κ1) is 27.7. The monoisotopic (exact) mass is 593 g/mol. The van der Waals surface area contributed by atoms with Crippen LogP contribution >= 0.6 is 11.6 Å². The number of benzene rings is 2. The topological polar surface area (TPSA) is 103 Å². The van der Waals surface area contributed by atoms with Crippen molar-refractivity contribution < 1.29 is 31.2 Å². The molecule has 5 rings (SSSR count). The molecule has 3 heterocycles. The second-order valence-electron chi connectivity index (χ2n) is 9.20. The number of hydrogen-bond acceptors (Lipinski definition) is 6. The van der Waals surface area contributed by atoms with Crippen LogP contribution in [0.25, 0.3) is 0 Å². The highest BCUT2D eigenvalue weighted by atomic mass is 35.5. The van der Waals surface area contributed by atoms with Crippen LogP contribution in [0.2, 0.25) is 5.02 Å². The van der Waals surface area contributed by atoms with E-state index in [0.29, 0.717) is 0 Å². The van der Waals surface area contributed by atoms with Crippen LogP contribution in [0.15, 0.2) is 77.8 Å². The molecule has 0 spiro atoms. The maximum Gasteiger partial charge on any atom is 0.419 e. The first-order valence-electron chi connectivity index (χ1n) is 12.2. The fraction of sp³-hybridized carbons (Fsp3) is 0.269. The Labute approximate surface area is 233 Å². The van der Waals surface area contributed by atoms with Gasteiger partial charge in [0.25, 0.3) is 10.8 Å². The number of pyridine rings is 1. The van der Waals surface area contributed by atoms with Crippen molar-refractivity contribution in [2.24, 2.45) is 0 Å². The number of nitrogens with zero attached hydrogens (tertiary/aromatic N) is 4. The van der Waals surface area contributed by atoms with Crippen LogP contribution in [0.3, 0.4) is 0 Å². The molecular weight excluding hydrogens is 571 g/mol. The van der Waals surface area contributed by atoms with Crippen LogP contribution in [0, 0.1) is 0 Å². The minimum absolute atomic E-state index is 0.0222. The smallest absolute Gasteiger partial charge is 0.353 e. The van der Waals surface area contributed by atoms with Gasteiger partial charge in [0.2, 0.25) is 9.84 Å². The minimum Gasteiger partial charge on any atom is -0.353 e. The summed E-state index contributed by atoms with van der Waals surface area (Å²) >= 11 is 6.38. The standard InChI is InChI=1S/C26H23ClF3N5O4S/c27-20-10-4-5-11-21(20)35-24(37)32-17-25(35,40(38,39)18-7-2-1-3-8-18)23(36)34-15-13-33(14-16-34)22-19(26(28,29)30)9-6-12-31-22/h1-12H,13-17H2,(H,32,37). The number of alkyl halides is 3. The quantitative estimate of drug-likeness (QED) is 0.483. The SMILES string of the molecule is O=C1NCC(C(=O)N2CCN(c3ncccc3C(F)(F)F)CC2)(S(=O)(=O)c2ccccc2)N1c1ccccc1Cl. The number of carbonyl (C=O) groups excluding carboxylic acids is 2. The molecule has 2 saturated heterocycles. The van der Waals surface area contributed by atoms with Gasteiger partial charge in [-0.3, -0.25) is 9.69 Å². The van der Waals surface area contributed by atoms with Gasteiger partial charge in [-0.05, 0) is 36.4 Å². The van der Waals surface area contributed by atoms with Gasteiger partial charge >= 0.3 is 12.2 Å². The Morgan fingerprint density at radius 3 is 2.25 bits per heavy atom. The summed E-state index contributed by atoms with van der Waals surface area (Å²) in [4.78, 5) is 32.3. The van der Waals surface area contributed by atoms with E-state index in [4.69, 9.17) is 11.6 Å². The van der Waals surface area contributed by atoms with E-state index in [1.54, 1.807) is 18.2 Å². The lowest BCUT2D eigenvalue weighted by Gasteiger charge is -2.42. The molecule has 0 bridgehead atoms. The molecule has 1 atom stereocenters. The van der Waals surface area contributed by atoms with Gasteiger partial charge in [-0.15, -0.1) is 0 Å². The maximum absolute atomic E-state index is 14.3. The molecule has 1 N–H and O–H groups in total. The van der Waals surface area contributed by atoms with Gasteiger partial charge in [0.05, 0.1) is 27.7 Å². The number of aromatic nitrogens is 1. The molecular formula is C26H23ClF3N5O4S. The number of carbonyl (C=O) groups is 2. The number of anilines is 2. The first-order valence-corrected chi connectivity index (χ1v) is 14.0. The van der Waals surface area contributed by atoms with Gasteiger partial charge in [-0.2, -0.15) is 13.2 Å². The number of rotatable bonds is 5. The van der Waals surface area contributed by atoms with E-state index in [2.05, 4.69) is 10.3 Å². The lowest BCUT2D eigenvalue weighted by atomic mass is 10.1. The van der Waals surface area contributed by atoms with Crippen molar-refractivity contribution in [3.63, 3.8) is 0 Å². The number of sulfone groups is 1. The summed E-state index contributed by atoms with van der Waals surface area (Å²) in [6.07, 6.45) is -3.38. The van der Waals surface area contributed by atoms with Crippen LogP contribution in [0.5, 0.6) is 0 Å². The fourth-order valence-corrected chi connectivity index (χ4v) is 7.16. The Morgan fingerprint density at radius 1 is 0.950 bits per heavy atom. The Kier molecular flexibility index (Phi) is 7.13. The molecule has 2 aliphatic rings. The molecule has 3 amide bonds. The summed E-state index contributed by atoms with van der Waals surface area (Å²) in [5.74, 6) is -1.17. The summed E-state index contributed by atoms with van der Waals surface area (Å²) in [5, 5.41) is 2.55. The summed E-state index contributed by atoms with van der Waals surface area (Å²) in [7, 11) is -4.57. The van der Waals surface area contributed by atoms with E-state index in [0.717, 1.165) is 11.0 Å². The zero-order valence-corrected chi connectivity index (χ0v) is 22.4. The third-order valence-electron chi connectivity index (χ3n) is 6.93. The average molecular weight is 594 g/mol. The van der Waals surface area contributed by atoms with Gasteiger partial charge in [0, 0.05) is 32.4 Å². The highest BCUT2D eigenvalue weighted by molar-refractivity contribution is 7.93. The summed E-state index contributed by atoms with van der Waals surface area (Å²) in [6.45, 7) is -0.861. The molecule has 0 radical (unpaired) electrons. The Morgan fingerprint density at radius 2 is 1.60 bits per heavy atom. The molecule has 210 valence electrons. The number of amides is 3. The molecule has 40 heavy (non-hydrogen) atoms. The normalized spacial score (nSPS) is 20.0. The number of para-hydroxylation sites is 1. The molecule has 2 aliphatic heterocycles. The van der Waals surface area contributed by atoms with E-state index in [9.17, 15) is 31.2 Å². The van der Waals surface area contributed by atoms with Crippen molar-refractivity contribution in [3.05, 3.63) is 83.5 Å². The molecule has 2 fully saturated rings. The van der Waals surface area contributed by atoms with Gasteiger partial charge in [0.1, 0.15) is 5.82 Å². The largest absolute Gasteiger partial charge is 0.419 e. The lowest BCUT2D eigenvalue weighted by molar-refractivity contribution is -0.138. The van der Waals surface area contributed by atoms with Crippen LogP contribution in [-0.4, -0.2) is 67.8 Å². The first-order chi connectivity index (χ1) is 19.0. The number of nitrogens with one attached hydrogen (secondary N) is 1. The summed E-state index contributed by atoms with van der Waals surface area (Å²) < 4.78 is 69.2. The van der Waals surface area contributed by atoms with Crippen LogP contribution in [0.4, 0.5) is 29.5 Å². The fourth-order valence-electron chi connectivity index (χ4n) is 4.99. The second kappa shape index (κ2) is 10.3. The zero-order valence-electron chi connectivity index (χ0n) is 20.8. The Hall–Kier alpha value is -3.84. The molecule has 0 saturated carbocycles. The van der Waals surface area contributed by atoms with E-state index >= 15 is 0 Å². The number of halogens is 4. The van der Waals surface area contributed by atoms with E-state index in [1.807, 2.05) is 0 Å². The summed E-state index contributed by atoms with van der Waals surface area (Å²) in [5.41, 5.74) is -0.887. The Balaban J connectivity index is 1.54. The van der Waals surface area contributed by atoms with Crippen molar-refractivity contribution in [1.82, 2.24) is 15.2 Å². The molecule has 1 aromatic heterocycles. The van der Waals surface area contributed by atoms with Gasteiger partial charge in [0.15, 0.2) is 0 Å². The average Bonchev–Trinajstić information content (AvgIpc) is 3.31. The molecule has 14 heteroatoms. The maximum atomic E-state index is 14.3. The highest BCUT2D eigenvalue weighted by Crippen LogP contribution is 2.41. The van der Waals surface area contributed by atoms with Crippen LogP contribution in [0.1, 0.15) is 5.56 Å². The number of piperazine rings is 1. The zero-order chi connectivity index (χ0) is 28.7. The van der Waals surface area contributed by atoms with Gasteiger partial charge < -0.3 is 15.1 Å². The number of hydrogen-bond donors (Lipinski definition) is 1. The molecule has 1 unspecified atom stereocenters.